The monoisotopic (exact) mass is 210 g/mol. The highest BCUT2D eigenvalue weighted by molar-refractivity contribution is 5.05. The molecule has 0 aliphatic carbocycles. The predicted molar refractivity (Wildman–Crippen MR) is 58.4 cm³/mol. The molecule has 1 aromatic rings. The molecule has 4 heteroatoms. The Labute approximate surface area is 90.1 Å². The van der Waals surface area contributed by atoms with Crippen LogP contribution in [0.4, 0.5) is 0 Å². The highest BCUT2D eigenvalue weighted by Crippen LogP contribution is 2.01. The topological polar surface area (TPSA) is 68.4 Å². The summed E-state index contributed by atoms with van der Waals surface area (Å²) in [7, 11) is 0. The zero-order chi connectivity index (χ0) is 11.1. The van der Waals surface area contributed by atoms with E-state index in [1.165, 1.54) is 0 Å². The van der Waals surface area contributed by atoms with Gasteiger partial charge in [0.2, 0.25) is 0 Å². The normalized spacial score (nSPS) is 14.9. The Kier molecular flexibility index (Phi) is 5.25. The van der Waals surface area contributed by atoms with Crippen molar-refractivity contribution in [2.75, 3.05) is 13.2 Å². The number of hydrogen-bond donors (Lipinski definition) is 2. The van der Waals surface area contributed by atoms with E-state index in [1.54, 1.807) is 6.20 Å². The molecule has 0 radical (unpaired) electrons. The average molecular weight is 210 g/mol. The molecule has 0 unspecified atom stereocenters. The number of aromatic nitrogens is 1. The highest BCUT2D eigenvalue weighted by atomic mass is 16.5. The van der Waals surface area contributed by atoms with Crippen LogP contribution >= 0.6 is 0 Å². The summed E-state index contributed by atoms with van der Waals surface area (Å²) in [6, 6.07) is 5.33. The molecular weight excluding hydrogens is 192 g/mol. The van der Waals surface area contributed by atoms with E-state index in [0.717, 1.165) is 5.69 Å². The Bertz CT molecular complexity index is 267. The molecule has 0 amide bonds. The third kappa shape index (κ3) is 4.38. The van der Waals surface area contributed by atoms with Crippen molar-refractivity contribution in [3.05, 3.63) is 30.1 Å². The standard InChI is InChI=1S/C11H18N2O2/c1-2-15-8-11(14)10(12)7-9-5-3-4-6-13-9/h3-6,10-11,14H,2,7-8,12H2,1H3/t10-,11-/m1/s1. The largest absolute Gasteiger partial charge is 0.389 e. The number of ether oxygens (including phenoxy) is 1. The number of aliphatic hydroxyl groups excluding tert-OH is 1. The first-order valence-electron chi connectivity index (χ1n) is 5.15. The number of nitrogens with zero attached hydrogens (tertiary/aromatic N) is 1. The second-order valence-corrected chi connectivity index (χ2v) is 3.42. The van der Waals surface area contributed by atoms with Crippen molar-refractivity contribution in [2.24, 2.45) is 5.73 Å². The number of hydrogen-bond acceptors (Lipinski definition) is 4. The second kappa shape index (κ2) is 6.50. The van der Waals surface area contributed by atoms with Gasteiger partial charge in [-0.2, -0.15) is 0 Å². The molecule has 0 aliphatic rings. The molecule has 1 aromatic heterocycles. The Morgan fingerprint density at radius 1 is 1.53 bits per heavy atom. The molecule has 0 saturated carbocycles. The highest BCUT2D eigenvalue weighted by Gasteiger charge is 2.15. The van der Waals surface area contributed by atoms with Crippen molar-refractivity contribution in [2.45, 2.75) is 25.5 Å². The molecule has 3 N–H and O–H groups in total. The van der Waals surface area contributed by atoms with E-state index in [2.05, 4.69) is 4.98 Å². The van der Waals surface area contributed by atoms with E-state index >= 15 is 0 Å². The molecule has 15 heavy (non-hydrogen) atoms. The van der Waals surface area contributed by atoms with Crippen molar-refractivity contribution in [1.29, 1.82) is 0 Å². The van der Waals surface area contributed by atoms with E-state index in [-0.39, 0.29) is 12.6 Å². The van der Waals surface area contributed by atoms with Crippen molar-refractivity contribution in [1.82, 2.24) is 4.98 Å². The summed E-state index contributed by atoms with van der Waals surface area (Å²) in [5.74, 6) is 0. The van der Waals surface area contributed by atoms with Crippen molar-refractivity contribution < 1.29 is 9.84 Å². The van der Waals surface area contributed by atoms with E-state index in [9.17, 15) is 5.11 Å². The smallest absolute Gasteiger partial charge is 0.0927 e. The number of rotatable bonds is 6. The van der Waals surface area contributed by atoms with Gasteiger partial charge in [-0.15, -0.1) is 0 Å². The van der Waals surface area contributed by atoms with Gasteiger partial charge >= 0.3 is 0 Å². The lowest BCUT2D eigenvalue weighted by molar-refractivity contribution is 0.0285. The Morgan fingerprint density at radius 2 is 2.33 bits per heavy atom. The Hall–Kier alpha value is -0.970. The summed E-state index contributed by atoms with van der Waals surface area (Å²) in [5, 5.41) is 9.63. The second-order valence-electron chi connectivity index (χ2n) is 3.42. The fraction of sp³-hybridized carbons (Fsp3) is 0.545. The van der Waals surface area contributed by atoms with E-state index in [1.807, 2.05) is 25.1 Å². The van der Waals surface area contributed by atoms with E-state index in [0.29, 0.717) is 13.0 Å². The van der Waals surface area contributed by atoms with Crippen molar-refractivity contribution in [3.8, 4) is 0 Å². The predicted octanol–water partition coefficient (Wildman–Crippen LogP) is 0.349. The van der Waals surface area contributed by atoms with E-state index < -0.39 is 6.10 Å². The first-order valence-corrected chi connectivity index (χ1v) is 5.15. The van der Waals surface area contributed by atoms with Gasteiger partial charge < -0.3 is 15.6 Å². The van der Waals surface area contributed by atoms with Crippen LogP contribution in [0.2, 0.25) is 0 Å². The number of nitrogens with two attached hydrogens (primary N) is 1. The summed E-state index contributed by atoms with van der Waals surface area (Å²) in [5.41, 5.74) is 6.71. The third-order valence-corrected chi connectivity index (χ3v) is 2.16. The zero-order valence-corrected chi connectivity index (χ0v) is 8.97. The summed E-state index contributed by atoms with van der Waals surface area (Å²) in [6.45, 7) is 2.76. The minimum atomic E-state index is -0.632. The molecule has 2 atom stereocenters. The fourth-order valence-corrected chi connectivity index (χ4v) is 1.26. The van der Waals surface area contributed by atoms with Crippen LogP contribution in [0, 0.1) is 0 Å². The van der Waals surface area contributed by atoms with Crippen LogP contribution in [0.15, 0.2) is 24.4 Å². The molecule has 0 aromatic carbocycles. The maximum Gasteiger partial charge on any atom is 0.0927 e. The van der Waals surface area contributed by atoms with Crippen LogP contribution in [-0.4, -0.2) is 35.5 Å². The zero-order valence-electron chi connectivity index (χ0n) is 8.97. The first-order chi connectivity index (χ1) is 7.24. The van der Waals surface area contributed by atoms with Gasteiger partial charge in [0.05, 0.1) is 12.7 Å². The van der Waals surface area contributed by atoms with Gasteiger partial charge in [-0.3, -0.25) is 4.98 Å². The summed E-state index contributed by atoms with van der Waals surface area (Å²) >= 11 is 0. The summed E-state index contributed by atoms with van der Waals surface area (Å²) in [6.07, 6.45) is 1.65. The molecular formula is C11H18N2O2. The van der Waals surface area contributed by atoms with Gasteiger partial charge in [-0.1, -0.05) is 6.07 Å². The molecule has 1 heterocycles. The van der Waals surface area contributed by atoms with Gasteiger partial charge in [0.15, 0.2) is 0 Å². The van der Waals surface area contributed by atoms with Gasteiger partial charge in [0.25, 0.3) is 0 Å². The average Bonchev–Trinajstić information content (AvgIpc) is 2.27. The van der Waals surface area contributed by atoms with Crippen LogP contribution in [0.1, 0.15) is 12.6 Å². The lowest BCUT2D eigenvalue weighted by atomic mass is 10.1. The number of pyridine rings is 1. The summed E-state index contributed by atoms with van der Waals surface area (Å²) < 4.78 is 5.10. The fourth-order valence-electron chi connectivity index (χ4n) is 1.26. The third-order valence-electron chi connectivity index (χ3n) is 2.16. The molecule has 1 rings (SSSR count). The molecule has 0 bridgehead atoms. The van der Waals surface area contributed by atoms with Crippen LogP contribution in [0.25, 0.3) is 0 Å². The van der Waals surface area contributed by atoms with Crippen LogP contribution in [-0.2, 0) is 11.2 Å². The molecule has 0 saturated heterocycles. The Balaban J connectivity index is 2.38. The van der Waals surface area contributed by atoms with Crippen molar-refractivity contribution in [3.63, 3.8) is 0 Å². The molecule has 0 spiro atoms. The molecule has 0 fully saturated rings. The van der Waals surface area contributed by atoms with Gasteiger partial charge in [-0.05, 0) is 19.1 Å². The molecule has 84 valence electrons. The molecule has 0 aliphatic heterocycles. The van der Waals surface area contributed by atoms with Gasteiger partial charge in [-0.25, -0.2) is 0 Å². The van der Waals surface area contributed by atoms with E-state index in [4.69, 9.17) is 10.5 Å². The minimum Gasteiger partial charge on any atom is -0.389 e. The first kappa shape index (κ1) is 12.1. The lowest BCUT2D eigenvalue weighted by Gasteiger charge is -2.17. The van der Waals surface area contributed by atoms with Gasteiger partial charge in [0.1, 0.15) is 0 Å². The molecule has 4 nitrogen and oxygen atoms in total. The number of aliphatic hydroxyl groups is 1. The minimum absolute atomic E-state index is 0.282. The quantitative estimate of drug-likeness (QED) is 0.711. The maximum atomic E-state index is 9.63. The lowest BCUT2D eigenvalue weighted by Crippen LogP contribution is -2.39. The van der Waals surface area contributed by atoms with Crippen LogP contribution in [0.5, 0.6) is 0 Å². The van der Waals surface area contributed by atoms with Crippen LogP contribution < -0.4 is 5.73 Å². The van der Waals surface area contributed by atoms with Gasteiger partial charge in [0, 0.05) is 31.0 Å². The van der Waals surface area contributed by atoms with Crippen molar-refractivity contribution >= 4 is 0 Å². The summed E-state index contributed by atoms with van der Waals surface area (Å²) in [4.78, 5) is 4.15. The Morgan fingerprint density at radius 3 is 2.93 bits per heavy atom. The van der Waals surface area contributed by atoms with Crippen LogP contribution in [0.3, 0.4) is 0 Å². The maximum absolute atomic E-state index is 9.63. The SMILES string of the molecule is CCOC[C@@H](O)[C@H](N)Cc1ccccn1.